The molecule has 2 unspecified atom stereocenters. The topological polar surface area (TPSA) is 35.2 Å². The van der Waals surface area contributed by atoms with Crippen LogP contribution in [0.15, 0.2) is 77.7 Å². The van der Waals surface area contributed by atoms with Crippen LogP contribution < -0.4 is 5.73 Å². The lowest BCUT2D eigenvalue weighted by atomic mass is 9.81. The Labute approximate surface area is 189 Å². The number of fused-ring (bicyclic) bond motifs is 2. The third kappa shape index (κ3) is 5.09. The fourth-order valence-electron chi connectivity index (χ4n) is 4.50. The molecule has 0 aromatic heterocycles. The van der Waals surface area contributed by atoms with Crippen LogP contribution in [0.3, 0.4) is 0 Å². The third-order valence-corrected chi connectivity index (χ3v) is 6.55. The highest BCUT2D eigenvalue weighted by Gasteiger charge is 2.33. The van der Waals surface area contributed by atoms with Crippen LogP contribution in [0.2, 0.25) is 5.02 Å². The Morgan fingerprint density at radius 3 is 1.93 bits per heavy atom. The maximum atomic E-state index is 6.23. The van der Waals surface area contributed by atoms with Gasteiger partial charge in [0.1, 0.15) is 0 Å². The summed E-state index contributed by atoms with van der Waals surface area (Å²) in [5.41, 5.74) is 12.0. The molecule has 0 amide bonds. The molecule has 1 saturated heterocycles. The average Bonchev–Trinajstić information content (AvgIpc) is 2.93. The SMILES string of the molecule is NC1CCOC(C2c3ccccc3CCc3ccccc32)C1.Sc1ccc(Cl)cc1. The zero-order valence-corrected chi connectivity index (χ0v) is 18.7. The highest BCUT2D eigenvalue weighted by atomic mass is 35.5. The Kier molecular flexibility index (Phi) is 7.16. The van der Waals surface area contributed by atoms with Crippen LogP contribution in [0.1, 0.15) is 41.0 Å². The smallest absolute Gasteiger partial charge is 0.0699 e. The van der Waals surface area contributed by atoms with E-state index in [1.165, 1.54) is 22.3 Å². The van der Waals surface area contributed by atoms with Gasteiger partial charge in [0.05, 0.1) is 6.10 Å². The summed E-state index contributed by atoms with van der Waals surface area (Å²) in [6, 6.07) is 25.3. The molecule has 156 valence electrons. The molecule has 2 N–H and O–H groups in total. The first-order chi connectivity index (χ1) is 14.6. The van der Waals surface area contributed by atoms with Crippen LogP contribution in [0.5, 0.6) is 0 Å². The van der Waals surface area contributed by atoms with Gasteiger partial charge >= 0.3 is 0 Å². The van der Waals surface area contributed by atoms with Crippen molar-refractivity contribution in [3.8, 4) is 0 Å². The number of nitrogens with two attached hydrogens (primary N) is 1. The molecule has 30 heavy (non-hydrogen) atoms. The number of rotatable bonds is 1. The molecule has 0 saturated carbocycles. The molecule has 1 fully saturated rings. The number of ether oxygens (including phenoxy) is 1. The van der Waals surface area contributed by atoms with Crippen LogP contribution in [-0.4, -0.2) is 18.8 Å². The maximum absolute atomic E-state index is 6.23. The van der Waals surface area contributed by atoms with Crippen LogP contribution in [0.25, 0.3) is 0 Å². The monoisotopic (exact) mass is 437 g/mol. The van der Waals surface area contributed by atoms with E-state index >= 15 is 0 Å². The van der Waals surface area contributed by atoms with Gasteiger partial charge in [-0.05, 0) is 72.2 Å². The Bertz CT molecular complexity index is 906. The fourth-order valence-corrected chi connectivity index (χ4v) is 4.77. The minimum atomic E-state index is 0.198. The van der Waals surface area contributed by atoms with Crippen LogP contribution in [-0.2, 0) is 17.6 Å². The van der Waals surface area contributed by atoms with Gasteiger partial charge in [0.25, 0.3) is 0 Å². The summed E-state index contributed by atoms with van der Waals surface area (Å²) in [4.78, 5) is 0.939. The highest BCUT2D eigenvalue weighted by molar-refractivity contribution is 7.80. The summed E-state index contributed by atoms with van der Waals surface area (Å²) < 4.78 is 6.18. The highest BCUT2D eigenvalue weighted by Crippen LogP contribution is 2.39. The minimum Gasteiger partial charge on any atom is -0.377 e. The van der Waals surface area contributed by atoms with E-state index in [0.29, 0.717) is 5.92 Å². The average molecular weight is 438 g/mol. The first-order valence-corrected chi connectivity index (χ1v) is 11.4. The molecule has 2 nitrogen and oxygen atoms in total. The molecule has 0 bridgehead atoms. The summed E-state index contributed by atoms with van der Waals surface area (Å²) in [7, 11) is 0. The summed E-state index contributed by atoms with van der Waals surface area (Å²) in [6.45, 7) is 0.784. The molecule has 2 aliphatic rings. The van der Waals surface area contributed by atoms with Crippen LogP contribution >= 0.6 is 24.2 Å². The van der Waals surface area contributed by atoms with Gasteiger partial charge in [0, 0.05) is 28.5 Å². The van der Waals surface area contributed by atoms with Crippen LogP contribution in [0.4, 0.5) is 0 Å². The zero-order chi connectivity index (χ0) is 20.9. The van der Waals surface area contributed by atoms with Crippen molar-refractivity contribution in [1.82, 2.24) is 0 Å². The molecule has 1 aliphatic heterocycles. The first-order valence-electron chi connectivity index (χ1n) is 10.6. The molecule has 5 rings (SSSR count). The van der Waals surface area contributed by atoms with Gasteiger partial charge in [-0.15, -0.1) is 12.6 Å². The van der Waals surface area contributed by atoms with E-state index in [1.54, 1.807) is 0 Å². The number of hydrogen-bond acceptors (Lipinski definition) is 3. The molecule has 2 atom stereocenters. The summed E-state index contributed by atoms with van der Waals surface area (Å²) >= 11 is 9.65. The molecule has 3 aromatic carbocycles. The van der Waals surface area contributed by atoms with Gasteiger partial charge in [-0.2, -0.15) is 0 Å². The maximum Gasteiger partial charge on any atom is 0.0699 e. The molecular weight excluding hydrogens is 410 g/mol. The normalized spacial score (nSPS) is 20.9. The van der Waals surface area contributed by atoms with Crippen molar-refractivity contribution in [1.29, 1.82) is 0 Å². The van der Waals surface area contributed by atoms with Gasteiger partial charge in [-0.25, -0.2) is 0 Å². The van der Waals surface area contributed by atoms with E-state index in [-0.39, 0.29) is 12.1 Å². The molecule has 1 aliphatic carbocycles. The summed E-state index contributed by atoms with van der Waals surface area (Å²) in [5, 5.41) is 0.753. The second-order valence-corrected chi connectivity index (χ2v) is 9.00. The van der Waals surface area contributed by atoms with E-state index in [1.807, 2.05) is 24.3 Å². The first kappa shape index (κ1) is 21.5. The summed E-state index contributed by atoms with van der Waals surface area (Å²) in [5.74, 6) is 0.321. The predicted molar refractivity (Wildman–Crippen MR) is 128 cm³/mol. The van der Waals surface area contributed by atoms with Gasteiger partial charge in [0.15, 0.2) is 0 Å². The number of benzene rings is 3. The Morgan fingerprint density at radius 1 is 0.833 bits per heavy atom. The number of thiol groups is 1. The lowest BCUT2D eigenvalue weighted by molar-refractivity contribution is -0.00150. The van der Waals surface area contributed by atoms with E-state index in [0.717, 1.165) is 42.2 Å². The van der Waals surface area contributed by atoms with Crippen LogP contribution in [0, 0.1) is 0 Å². The third-order valence-electron chi connectivity index (χ3n) is 6.00. The fraction of sp³-hybridized carbons (Fsp3) is 0.308. The number of hydrogen-bond donors (Lipinski definition) is 2. The molecule has 3 aromatic rings. The lowest BCUT2D eigenvalue weighted by Crippen LogP contribution is -2.38. The Balaban J connectivity index is 0.000000230. The predicted octanol–water partition coefficient (Wildman–Crippen LogP) is 6.05. The van der Waals surface area contributed by atoms with Crippen molar-refractivity contribution in [2.75, 3.05) is 6.61 Å². The van der Waals surface area contributed by atoms with E-state index < -0.39 is 0 Å². The van der Waals surface area contributed by atoms with Gasteiger partial charge < -0.3 is 10.5 Å². The van der Waals surface area contributed by atoms with E-state index in [9.17, 15) is 0 Å². The number of halogens is 1. The second-order valence-electron chi connectivity index (χ2n) is 8.05. The largest absolute Gasteiger partial charge is 0.377 e. The molecule has 0 radical (unpaired) electrons. The van der Waals surface area contributed by atoms with Gasteiger partial charge in [-0.1, -0.05) is 60.1 Å². The zero-order valence-electron chi connectivity index (χ0n) is 17.0. The van der Waals surface area contributed by atoms with E-state index in [2.05, 4.69) is 61.2 Å². The standard InChI is InChI=1S/C20H23NO.C6H5ClS/c21-16-11-12-22-19(13-16)20-17-7-3-1-5-14(17)9-10-15-6-2-4-8-18(15)20;7-5-1-3-6(8)4-2-5/h1-8,16,19-20H,9-13,21H2;1-4,8H. The lowest BCUT2D eigenvalue weighted by Gasteiger charge is -2.34. The van der Waals surface area contributed by atoms with Crippen molar-refractivity contribution in [2.45, 2.75) is 48.6 Å². The Morgan fingerprint density at radius 2 is 1.40 bits per heavy atom. The molecule has 0 spiro atoms. The van der Waals surface area contributed by atoms with Gasteiger partial charge in [0.2, 0.25) is 0 Å². The van der Waals surface area contributed by atoms with Crippen molar-refractivity contribution in [3.63, 3.8) is 0 Å². The minimum absolute atomic E-state index is 0.198. The second kappa shape index (κ2) is 10.0. The Hall–Kier alpha value is -1.78. The van der Waals surface area contributed by atoms with Crippen molar-refractivity contribution >= 4 is 24.2 Å². The number of aryl methyl sites for hydroxylation is 2. The van der Waals surface area contributed by atoms with Gasteiger partial charge in [-0.3, -0.25) is 0 Å². The van der Waals surface area contributed by atoms with Crippen molar-refractivity contribution in [2.24, 2.45) is 5.73 Å². The van der Waals surface area contributed by atoms with Crippen molar-refractivity contribution < 1.29 is 4.74 Å². The van der Waals surface area contributed by atoms with E-state index in [4.69, 9.17) is 22.1 Å². The quantitative estimate of drug-likeness (QED) is 0.454. The molecule has 1 heterocycles. The molecular formula is C26H28ClNOS. The molecule has 4 heteroatoms. The van der Waals surface area contributed by atoms with Crippen molar-refractivity contribution in [3.05, 3.63) is 100 Å². The summed E-state index contributed by atoms with van der Waals surface area (Å²) in [6.07, 6.45) is 4.36.